The molecule has 6 aromatic rings. The van der Waals surface area contributed by atoms with E-state index < -0.39 is 116 Å². The Hall–Kier alpha value is -5.24. The van der Waals surface area contributed by atoms with E-state index >= 15 is 0 Å². The lowest BCUT2D eigenvalue weighted by Crippen LogP contribution is -2.56. The second-order valence-corrected chi connectivity index (χ2v) is 25.0. The normalized spacial score (nSPS) is 20.6. The van der Waals surface area contributed by atoms with Crippen molar-refractivity contribution < 1.29 is 55.7 Å². The molecular formula is C56H52Cl6N2O12S2. The minimum atomic E-state index is -3.94. The van der Waals surface area contributed by atoms with E-state index in [1.165, 1.54) is 34.1 Å². The van der Waals surface area contributed by atoms with Gasteiger partial charge in [-0.2, -0.15) is 0 Å². The molecule has 8 rings (SSSR count). The molecule has 0 radical (unpaired) electrons. The van der Waals surface area contributed by atoms with Crippen molar-refractivity contribution in [2.45, 2.75) is 97.9 Å². The van der Waals surface area contributed by atoms with E-state index in [2.05, 4.69) is 0 Å². The highest BCUT2D eigenvalue weighted by atomic mass is 35.5. The molecule has 14 nitrogen and oxygen atoms in total. The Labute approximate surface area is 482 Å². The SMILES string of the molecule is CC[C@@H](CS(=O)(=O)c1ccccc1Cl)N1C(=O)[C@@H](CC(=O)O)O[C@H](c2cccc(Cl)c2)[C@H]1c1ccc(Cl)cc1.CC[C@@H](CS(=O)(=O)c1ccccc1Cl)N1C(=O)[C@H](CC(=O)O)O[C@H](c2cccc(Cl)c2)[C@H]1c1ccc(Cl)cc1. The number of amides is 2. The van der Waals surface area contributed by atoms with E-state index in [0.717, 1.165) is 0 Å². The zero-order valence-corrected chi connectivity index (χ0v) is 47.8. The van der Waals surface area contributed by atoms with E-state index in [0.29, 0.717) is 42.3 Å². The van der Waals surface area contributed by atoms with Gasteiger partial charge in [0, 0.05) is 32.2 Å². The van der Waals surface area contributed by atoms with Gasteiger partial charge in [-0.05, 0) is 108 Å². The molecule has 78 heavy (non-hydrogen) atoms. The summed E-state index contributed by atoms with van der Waals surface area (Å²) < 4.78 is 66.5. The lowest BCUT2D eigenvalue weighted by atomic mass is 9.89. The number of aliphatic carboxylic acids is 2. The van der Waals surface area contributed by atoms with Gasteiger partial charge in [0.2, 0.25) is 0 Å². The van der Waals surface area contributed by atoms with Crippen molar-refractivity contribution in [2.24, 2.45) is 0 Å². The van der Waals surface area contributed by atoms with Gasteiger partial charge in [0.25, 0.3) is 11.8 Å². The van der Waals surface area contributed by atoms with Crippen LogP contribution in [0.5, 0.6) is 0 Å². The first kappa shape index (κ1) is 60.4. The minimum Gasteiger partial charge on any atom is -0.481 e. The Bertz CT molecular complexity index is 3150. The molecule has 2 N–H and O–H groups in total. The molecule has 2 aliphatic rings. The maximum absolute atomic E-state index is 13.9. The van der Waals surface area contributed by atoms with Gasteiger partial charge >= 0.3 is 11.9 Å². The number of sulfone groups is 2. The Kier molecular flexibility index (Phi) is 20.4. The predicted octanol–water partition coefficient (Wildman–Crippen LogP) is 12.8. The summed E-state index contributed by atoms with van der Waals surface area (Å²) in [7, 11) is -7.88. The Balaban J connectivity index is 0.000000226. The summed E-state index contributed by atoms with van der Waals surface area (Å²) >= 11 is 37.3. The second kappa shape index (κ2) is 26.4. The molecule has 2 fully saturated rings. The topological polar surface area (TPSA) is 202 Å². The first-order valence-electron chi connectivity index (χ1n) is 24.4. The number of morpholine rings is 2. The van der Waals surface area contributed by atoms with E-state index in [1.54, 1.807) is 135 Å². The first-order valence-corrected chi connectivity index (χ1v) is 30.0. The molecule has 2 saturated heterocycles. The number of hydrogen-bond acceptors (Lipinski definition) is 10. The van der Waals surface area contributed by atoms with Crippen molar-refractivity contribution in [3.63, 3.8) is 0 Å². The smallest absolute Gasteiger partial charge is 0.306 e. The van der Waals surface area contributed by atoms with Crippen LogP contribution in [0.1, 0.15) is 86.1 Å². The minimum absolute atomic E-state index is 0.0395. The van der Waals surface area contributed by atoms with Crippen LogP contribution in [0.2, 0.25) is 30.1 Å². The molecule has 0 unspecified atom stereocenters. The van der Waals surface area contributed by atoms with E-state index in [1.807, 2.05) is 0 Å². The number of carbonyl (C=O) groups excluding carboxylic acids is 2. The number of halogens is 6. The molecule has 0 saturated carbocycles. The summed E-state index contributed by atoms with van der Waals surface area (Å²) in [5.74, 6) is -4.52. The Morgan fingerprint density at radius 1 is 0.487 bits per heavy atom. The number of carboxylic acid groups (broad SMARTS) is 2. The molecule has 412 valence electrons. The van der Waals surface area contributed by atoms with E-state index in [4.69, 9.17) is 79.1 Å². The Morgan fingerprint density at radius 3 is 1.14 bits per heavy atom. The van der Waals surface area contributed by atoms with Crippen LogP contribution in [0.3, 0.4) is 0 Å². The fraction of sp³-hybridized carbons (Fsp3) is 0.286. The quantitative estimate of drug-likeness (QED) is 0.0826. The number of nitrogens with zero attached hydrogens (tertiary/aromatic N) is 2. The van der Waals surface area contributed by atoms with Gasteiger partial charge in [0.15, 0.2) is 19.7 Å². The van der Waals surface area contributed by atoms with Crippen LogP contribution >= 0.6 is 69.6 Å². The zero-order chi connectivity index (χ0) is 56.6. The highest BCUT2D eigenvalue weighted by Gasteiger charge is 2.50. The molecule has 2 aliphatic heterocycles. The predicted molar refractivity (Wildman–Crippen MR) is 300 cm³/mol. The van der Waals surface area contributed by atoms with Crippen LogP contribution in [0.4, 0.5) is 0 Å². The molecule has 0 spiro atoms. The van der Waals surface area contributed by atoms with Crippen molar-refractivity contribution in [1.29, 1.82) is 0 Å². The van der Waals surface area contributed by atoms with Crippen LogP contribution in [-0.4, -0.2) is 96.4 Å². The summed E-state index contributed by atoms with van der Waals surface area (Å²) in [5.41, 5.74) is 2.50. The van der Waals surface area contributed by atoms with Crippen molar-refractivity contribution >= 4 is 113 Å². The molecule has 8 atom stereocenters. The van der Waals surface area contributed by atoms with Gasteiger partial charge in [-0.15, -0.1) is 0 Å². The number of ether oxygens (including phenoxy) is 2. The summed E-state index contributed by atoms with van der Waals surface area (Å²) in [4.78, 5) is 54.1. The van der Waals surface area contributed by atoms with E-state index in [9.17, 15) is 46.2 Å². The fourth-order valence-corrected chi connectivity index (χ4v) is 14.8. The Morgan fingerprint density at radius 2 is 0.833 bits per heavy atom. The molecule has 6 aromatic carbocycles. The van der Waals surface area contributed by atoms with Crippen LogP contribution in [0.15, 0.2) is 155 Å². The maximum atomic E-state index is 13.9. The second-order valence-electron chi connectivity index (χ2n) is 18.4. The third kappa shape index (κ3) is 14.4. The number of benzene rings is 6. The van der Waals surface area contributed by atoms with Crippen molar-refractivity contribution in [3.05, 3.63) is 198 Å². The average Bonchev–Trinajstić information content (AvgIpc) is 3.40. The highest BCUT2D eigenvalue weighted by molar-refractivity contribution is 7.91. The zero-order valence-electron chi connectivity index (χ0n) is 41.7. The third-order valence-electron chi connectivity index (χ3n) is 13.2. The summed E-state index contributed by atoms with van der Waals surface area (Å²) in [6.07, 6.45) is -5.02. The molecule has 2 heterocycles. The van der Waals surface area contributed by atoms with Gasteiger partial charge in [-0.1, -0.05) is 156 Å². The number of hydrogen-bond donors (Lipinski definition) is 2. The molecule has 0 bridgehead atoms. The summed E-state index contributed by atoms with van der Waals surface area (Å²) in [6.45, 7) is 3.55. The number of rotatable bonds is 18. The molecule has 0 aliphatic carbocycles. The summed E-state index contributed by atoms with van der Waals surface area (Å²) in [6, 6.07) is 36.3. The average molecular weight is 1220 g/mol. The van der Waals surface area contributed by atoms with Gasteiger partial charge in [0.1, 0.15) is 24.4 Å². The number of carbonyl (C=O) groups is 4. The fourth-order valence-electron chi connectivity index (χ4n) is 9.67. The molecule has 2 amide bonds. The monoisotopic (exact) mass is 1220 g/mol. The molecular weight excluding hydrogens is 1170 g/mol. The standard InChI is InChI=1S/2C28H26Cl3NO6S/c2*1-2-21(16-39(36,37)24-9-4-3-8-22(24)31)32-26(17-10-12-19(29)13-11-17)27(18-6-5-7-20(30)14-18)38-23(28(32)35)15-25(33)34/h2*3-14,21,23,26-27H,2,15-16H2,1H3,(H,33,34)/t21-,23+,26+,27+;21-,23-,26+,27+/m00/s1. The lowest BCUT2D eigenvalue weighted by molar-refractivity contribution is -0.182. The van der Waals surface area contributed by atoms with Crippen molar-refractivity contribution in [3.8, 4) is 0 Å². The first-order chi connectivity index (χ1) is 37.0. The molecule has 0 aromatic heterocycles. The van der Waals surface area contributed by atoms with Crippen LogP contribution < -0.4 is 0 Å². The largest absolute Gasteiger partial charge is 0.481 e. The van der Waals surface area contributed by atoms with Gasteiger partial charge < -0.3 is 29.5 Å². The van der Waals surface area contributed by atoms with Crippen molar-refractivity contribution in [2.75, 3.05) is 11.5 Å². The molecule has 22 heteroatoms. The number of carboxylic acids is 2. The van der Waals surface area contributed by atoms with Gasteiger partial charge in [0.05, 0.1) is 56.3 Å². The van der Waals surface area contributed by atoms with Gasteiger partial charge in [-0.25, -0.2) is 16.8 Å². The van der Waals surface area contributed by atoms with Gasteiger partial charge in [-0.3, -0.25) is 19.2 Å². The van der Waals surface area contributed by atoms with Crippen LogP contribution in [0.25, 0.3) is 0 Å². The third-order valence-corrected chi connectivity index (χ3v) is 18.8. The van der Waals surface area contributed by atoms with Crippen LogP contribution in [0, 0.1) is 0 Å². The lowest BCUT2D eigenvalue weighted by Gasteiger charge is -2.48. The van der Waals surface area contributed by atoms with E-state index in [-0.39, 0.29) is 32.7 Å². The van der Waals surface area contributed by atoms with Crippen LogP contribution in [-0.2, 0) is 48.3 Å². The maximum Gasteiger partial charge on any atom is 0.306 e. The van der Waals surface area contributed by atoms with Crippen molar-refractivity contribution in [1.82, 2.24) is 9.80 Å². The summed E-state index contributed by atoms with van der Waals surface area (Å²) in [5, 5.41) is 21.1. The highest BCUT2D eigenvalue weighted by Crippen LogP contribution is 2.47.